The minimum Gasteiger partial charge on any atom is -0.382 e. The van der Waals surface area contributed by atoms with Gasteiger partial charge in [-0.3, -0.25) is 0 Å². The molecule has 1 heterocycles. The Morgan fingerprint density at radius 1 is 1.28 bits per heavy atom. The molecule has 1 fully saturated rings. The number of nitrogens with zero attached hydrogens (tertiary/aromatic N) is 4. The first-order valence-corrected chi connectivity index (χ1v) is 12.2. The highest BCUT2D eigenvalue weighted by molar-refractivity contribution is 7.88. The molecule has 160 valence electrons. The van der Waals surface area contributed by atoms with Crippen molar-refractivity contribution in [2.45, 2.75) is 44.2 Å². The number of aliphatic hydroxyl groups is 1. The van der Waals surface area contributed by atoms with Crippen molar-refractivity contribution in [1.82, 2.24) is 19.1 Å². The minimum atomic E-state index is -3.55. The largest absolute Gasteiger partial charge is 0.382 e. The molecule has 0 bridgehead atoms. The fourth-order valence-corrected chi connectivity index (χ4v) is 5.45. The summed E-state index contributed by atoms with van der Waals surface area (Å²) in [6.45, 7) is 0.248. The van der Waals surface area contributed by atoms with Crippen molar-refractivity contribution in [2.24, 2.45) is 5.92 Å². The predicted molar refractivity (Wildman–Crippen MR) is 113 cm³/mol. The zero-order valence-electron chi connectivity index (χ0n) is 16.3. The lowest BCUT2D eigenvalue weighted by molar-refractivity contribution is -0.00405. The Morgan fingerprint density at radius 2 is 2.00 bits per heavy atom. The smallest absolute Gasteiger partial charge is 0.211 e. The summed E-state index contributed by atoms with van der Waals surface area (Å²) in [7, 11) is -3.55. The number of hydrogen-bond acceptors (Lipinski definition) is 5. The maximum Gasteiger partial charge on any atom is 0.211 e. The first kappa shape index (κ1) is 22.5. The Hall–Kier alpha value is -1.19. The van der Waals surface area contributed by atoms with E-state index in [1.807, 2.05) is 0 Å². The molecule has 0 saturated heterocycles. The van der Waals surface area contributed by atoms with Crippen molar-refractivity contribution in [3.63, 3.8) is 0 Å². The molecule has 1 N–H and O–H groups in total. The van der Waals surface area contributed by atoms with Crippen molar-refractivity contribution in [1.29, 1.82) is 0 Å². The molecule has 7 nitrogen and oxygen atoms in total. The summed E-state index contributed by atoms with van der Waals surface area (Å²) in [6, 6.07) is 4.79. The topological polar surface area (TPSA) is 88.3 Å². The summed E-state index contributed by atoms with van der Waals surface area (Å²) in [5, 5.41) is 16.4. The summed E-state index contributed by atoms with van der Waals surface area (Å²) in [4.78, 5) is 3.91. The molecule has 2 aromatic rings. The minimum absolute atomic E-state index is 0.00500. The Labute approximate surface area is 181 Å². The van der Waals surface area contributed by atoms with E-state index in [4.69, 9.17) is 23.2 Å². The summed E-state index contributed by atoms with van der Waals surface area (Å²) >= 11 is 12.4. The summed E-state index contributed by atoms with van der Waals surface area (Å²) in [5.74, 6) is 0.287. The van der Waals surface area contributed by atoms with E-state index < -0.39 is 15.6 Å². The highest BCUT2D eigenvalue weighted by atomic mass is 35.5. The van der Waals surface area contributed by atoms with Crippen LogP contribution in [0.25, 0.3) is 0 Å². The van der Waals surface area contributed by atoms with Gasteiger partial charge in [-0.1, -0.05) is 48.5 Å². The van der Waals surface area contributed by atoms with Crippen LogP contribution in [0.2, 0.25) is 10.0 Å². The van der Waals surface area contributed by atoms with Crippen LogP contribution in [0.5, 0.6) is 0 Å². The Bertz CT molecular complexity index is 918. The van der Waals surface area contributed by atoms with Gasteiger partial charge in [-0.05, 0) is 30.9 Å². The molecule has 1 aliphatic rings. The molecule has 1 unspecified atom stereocenters. The van der Waals surface area contributed by atoms with Gasteiger partial charge in [-0.15, -0.1) is 0 Å². The third-order valence-electron chi connectivity index (χ3n) is 5.42. The molecule has 1 aliphatic carbocycles. The molecule has 0 radical (unpaired) electrons. The molecule has 1 saturated carbocycles. The quantitative estimate of drug-likeness (QED) is 0.652. The Morgan fingerprint density at radius 3 is 2.59 bits per heavy atom. The van der Waals surface area contributed by atoms with E-state index in [-0.39, 0.29) is 24.0 Å². The van der Waals surface area contributed by atoms with Gasteiger partial charge < -0.3 is 5.11 Å². The van der Waals surface area contributed by atoms with Crippen LogP contribution in [0, 0.1) is 5.92 Å². The van der Waals surface area contributed by atoms with Crippen LogP contribution in [0.15, 0.2) is 30.9 Å². The van der Waals surface area contributed by atoms with Crippen LogP contribution in [0.4, 0.5) is 0 Å². The van der Waals surface area contributed by atoms with E-state index in [0.29, 0.717) is 17.1 Å². The van der Waals surface area contributed by atoms with E-state index in [1.54, 1.807) is 12.1 Å². The average molecular weight is 461 g/mol. The van der Waals surface area contributed by atoms with Crippen LogP contribution < -0.4 is 0 Å². The summed E-state index contributed by atoms with van der Waals surface area (Å²) in [6.07, 6.45) is 9.40. The molecule has 10 heteroatoms. The molecule has 0 amide bonds. The van der Waals surface area contributed by atoms with E-state index in [9.17, 15) is 13.5 Å². The van der Waals surface area contributed by atoms with Crippen molar-refractivity contribution >= 4 is 33.2 Å². The molecular formula is C19H26Cl2N4O3S. The second-order valence-electron chi connectivity index (χ2n) is 7.81. The maximum atomic E-state index is 12.6. The number of aromatic nitrogens is 3. The van der Waals surface area contributed by atoms with E-state index in [1.165, 1.54) is 40.4 Å². The van der Waals surface area contributed by atoms with Gasteiger partial charge in [-0.25, -0.2) is 18.1 Å². The van der Waals surface area contributed by atoms with Crippen LogP contribution in [-0.2, 0) is 22.2 Å². The van der Waals surface area contributed by atoms with Crippen molar-refractivity contribution in [3.05, 3.63) is 46.5 Å². The van der Waals surface area contributed by atoms with Crippen LogP contribution in [0.1, 0.15) is 37.7 Å². The van der Waals surface area contributed by atoms with Crippen LogP contribution in [0.3, 0.4) is 0 Å². The molecule has 1 aromatic carbocycles. The average Bonchev–Trinajstić information content (AvgIpc) is 3.13. The van der Waals surface area contributed by atoms with E-state index in [0.717, 1.165) is 25.7 Å². The Kier molecular flexibility index (Phi) is 7.22. The fraction of sp³-hybridized carbons (Fsp3) is 0.579. The SMILES string of the molecule is CS(=O)(=O)N(CC1CCCCC1)CC(O)(Cn1cncn1)c1ccc(Cl)cc1Cl. The third kappa shape index (κ3) is 5.92. The van der Waals surface area contributed by atoms with Crippen LogP contribution in [-0.4, -0.2) is 51.9 Å². The van der Waals surface area contributed by atoms with Gasteiger partial charge in [-0.2, -0.15) is 9.40 Å². The molecule has 1 atom stereocenters. The highest BCUT2D eigenvalue weighted by Gasteiger charge is 2.38. The highest BCUT2D eigenvalue weighted by Crippen LogP contribution is 2.34. The number of hydrogen-bond donors (Lipinski definition) is 1. The molecule has 0 spiro atoms. The second kappa shape index (κ2) is 9.31. The number of sulfonamides is 1. The van der Waals surface area contributed by atoms with Gasteiger partial charge in [0, 0.05) is 28.7 Å². The fourth-order valence-electron chi connectivity index (χ4n) is 3.94. The normalized spacial score (nSPS) is 18.1. The third-order valence-corrected chi connectivity index (χ3v) is 7.18. The molecule has 3 rings (SSSR count). The number of rotatable bonds is 8. The lowest BCUT2D eigenvalue weighted by Crippen LogP contribution is -2.48. The van der Waals surface area contributed by atoms with Crippen molar-refractivity contribution in [3.8, 4) is 0 Å². The Balaban J connectivity index is 1.94. The summed E-state index contributed by atoms with van der Waals surface area (Å²) < 4.78 is 28.0. The monoisotopic (exact) mass is 460 g/mol. The van der Waals surface area contributed by atoms with Gasteiger partial charge in [0.25, 0.3) is 0 Å². The standard InChI is InChI=1S/C19H26Cl2N4O3S/c1-29(27,28)25(10-15-5-3-2-4-6-15)12-19(26,11-24-14-22-13-23-24)17-8-7-16(20)9-18(17)21/h7-9,13-15,26H,2-6,10-12H2,1H3. The lowest BCUT2D eigenvalue weighted by atomic mass is 9.88. The van der Waals surface area contributed by atoms with Gasteiger partial charge in [0.2, 0.25) is 10.0 Å². The second-order valence-corrected chi connectivity index (χ2v) is 10.6. The zero-order valence-corrected chi connectivity index (χ0v) is 18.7. The van der Waals surface area contributed by atoms with Gasteiger partial charge >= 0.3 is 0 Å². The van der Waals surface area contributed by atoms with Crippen molar-refractivity contribution in [2.75, 3.05) is 19.3 Å². The zero-order chi connectivity index (χ0) is 21.1. The lowest BCUT2D eigenvalue weighted by Gasteiger charge is -2.36. The predicted octanol–water partition coefficient (Wildman–Crippen LogP) is 3.31. The first-order chi connectivity index (χ1) is 13.7. The molecule has 0 aliphatic heterocycles. The molecule has 1 aromatic heterocycles. The first-order valence-electron chi connectivity index (χ1n) is 9.63. The molecule has 29 heavy (non-hydrogen) atoms. The van der Waals surface area contributed by atoms with Gasteiger partial charge in [0.1, 0.15) is 18.3 Å². The van der Waals surface area contributed by atoms with Gasteiger partial charge in [0.15, 0.2) is 0 Å². The maximum absolute atomic E-state index is 12.6. The van der Waals surface area contributed by atoms with Crippen LogP contribution >= 0.6 is 23.2 Å². The van der Waals surface area contributed by atoms with E-state index in [2.05, 4.69) is 10.1 Å². The van der Waals surface area contributed by atoms with E-state index >= 15 is 0 Å². The number of halogens is 2. The number of benzene rings is 1. The van der Waals surface area contributed by atoms with Gasteiger partial charge in [0.05, 0.1) is 12.8 Å². The summed E-state index contributed by atoms with van der Waals surface area (Å²) in [5.41, 5.74) is -1.20. The van der Waals surface area contributed by atoms with Crippen molar-refractivity contribution < 1.29 is 13.5 Å². The molecular weight excluding hydrogens is 435 g/mol.